The molecule has 1 aromatic carbocycles. The van der Waals surface area contributed by atoms with Crippen LogP contribution in [0.25, 0.3) is 10.2 Å². The lowest BCUT2D eigenvalue weighted by Crippen LogP contribution is -2.44. The quantitative estimate of drug-likeness (QED) is 0.387. The number of aliphatic hydroxyl groups is 1. The molecule has 3 aromatic rings. The van der Waals surface area contributed by atoms with E-state index in [1.54, 1.807) is 23.1 Å². The molecule has 4 heterocycles. The molecule has 0 bridgehead atoms. The molecule has 9 nitrogen and oxygen atoms in total. The van der Waals surface area contributed by atoms with Gasteiger partial charge in [0.2, 0.25) is 6.79 Å². The Hall–Kier alpha value is -3.29. The Morgan fingerprint density at radius 1 is 1.31 bits per heavy atom. The van der Waals surface area contributed by atoms with Crippen molar-refractivity contribution in [3.05, 3.63) is 40.3 Å². The van der Waals surface area contributed by atoms with E-state index in [9.17, 15) is 23.1 Å². The molecular weight excluding hydrogens is 499 g/mol. The van der Waals surface area contributed by atoms with E-state index in [-0.39, 0.29) is 46.0 Å². The first-order valence-electron chi connectivity index (χ1n) is 11.3. The molecule has 6 N–H and O–H groups in total. The number of pyridine rings is 1. The third-order valence-corrected chi connectivity index (χ3v) is 7.53. The van der Waals surface area contributed by atoms with E-state index in [0.29, 0.717) is 43.0 Å². The Balaban J connectivity index is 1.27. The molecule has 36 heavy (non-hydrogen) atoms. The maximum absolute atomic E-state index is 13.9. The number of anilines is 2. The number of nitrogens with one attached hydrogen (secondary N) is 1. The molecule has 1 unspecified atom stereocenters. The predicted molar refractivity (Wildman–Crippen MR) is 128 cm³/mol. The van der Waals surface area contributed by atoms with Crippen LogP contribution >= 0.6 is 11.3 Å². The van der Waals surface area contributed by atoms with Crippen LogP contribution in [0.15, 0.2) is 24.3 Å². The number of piperidine rings is 1. The highest BCUT2D eigenvalue weighted by atomic mass is 32.1. The number of nitrogens with zero attached hydrogens (tertiary/aromatic N) is 2. The van der Waals surface area contributed by atoms with Gasteiger partial charge in [0.05, 0.1) is 17.4 Å². The predicted octanol–water partition coefficient (Wildman–Crippen LogP) is 3.02. The fraction of sp³-hybridized carbons (Fsp3) is 0.391. The number of aromatic nitrogens is 1. The summed E-state index contributed by atoms with van der Waals surface area (Å²) in [5.41, 5.74) is 10.5. The van der Waals surface area contributed by atoms with Crippen molar-refractivity contribution in [2.45, 2.75) is 31.2 Å². The number of rotatable bonds is 6. The van der Waals surface area contributed by atoms with Crippen LogP contribution in [0.1, 0.15) is 39.7 Å². The van der Waals surface area contributed by atoms with E-state index in [1.807, 2.05) is 0 Å². The lowest BCUT2D eigenvalue weighted by atomic mass is 10.0. The van der Waals surface area contributed by atoms with Crippen molar-refractivity contribution in [3.8, 4) is 11.5 Å². The number of hydrogen-bond donors (Lipinski definition) is 4. The smallest absolute Gasteiger partial charge is 0.417 e. The number of nitrogens with two attached hydrogens (primary N) is 2. The molecule has 0 aliphatic carbocycles. The zero-order valence-corrected chi connectivity index (χ0v) is 19.8. The number of fused-ring (bicyclic) bond motifs is 2. The average molecular weight is 524 g/mol. The summed E-state index contributed by atoms with van der Waals surface area (Å²) in [5.74, 6) is 0.414. The van der Waals surface area contributed by atoms with Gasteiger partial charge in [-0.3, -0.25) is 4.79 Å². The number of thiophene rings is 1. The molecule has 0 radical (unpaired) electrons. The summed E-state index contributed by atoms with van der Waals surface area (Å²) in [4.78, 5) is 17.7. The zero-order chi connectivity index (χ0) is 25.6. The van der Waals surface area contributed by atoms with Crippen molar-refractivity contribution in [1.82, 2.24) is 10.3 Å². The number of amides is 1. The first kappa shape index (κ1) is 24.4. The van der Waals surface area contributed by atoms with E-state index < -0.39 is 23.8 Å². The van der Waals surface area contributed by atoms with Crippen molar-refractivity contribution in [3.63, 3.8) is 0 Å². The van der Waals surface area contributed by atoms with Crippen LogP contribution in [0.2, 0.25) is 0 Å². The van der Waals surface area contributed by atoms with Gasteiger partial charge in [-0.05, 0) is 25.0 Å². The number of alkyl halides is 3. The first-order valence-corrected chi connectivity index (χ1v) is 12.1. The molecule has 1 atom stereocenters. The molecule has 192 valence electrons. The van der Waals surface area contributed by atoms with Crippen LogP contribution in [0.4, 0.5) is 24.7 Å². The molecule has 2 aliphatic heterocycles. The van der Waals surface area contributed by atoms with E-state index >= 15 is 0 Å². The van der Waals surface area contributed by atoms with Gasteiger partial charge in [-0.2, -0.15) is 13.2 Å². The lowest BCUT2D eigenvalue weighted by molar-refractivity contribution is -0.136. The van der Waals surface area contributed by atoms with Crippen molar-refractivity contribution >= 4 is 39.0 Å². The number of halogens is 3. The fourth-order valence-corrected chi connectivity index (χ4v) is 5.56. The summed E-state index contributed by atoms with van der Waals surface area (Å²) in [6.07, 6.45) is -4.21. The van der Waals surface area contributed by atoms with E-state index in [4.69, 9.17) is 20.9 Å². The van der Waals surface area contributed by atoms with Gasteiger partial charge in [-0.1, -0.05) is 12.1 Å². The maximum atomic E-state index is 13.9. The molecule has 0 saturated carbocycles. The van der Waals surface area contributed by atoms with Crippen molar-refractivity contribution in [2.75, 3.05) is 37.1 Å². The molecule has 1 fully saturated rings. The van der Waals surface area contributed by atoms with Crippen LogP contribution in [-0.2, 0) is 6.18 Å². The van der Waals surface area contributed by atoms with Gasteiger partial charge in [0.1, 0.15) is 15.5 Å². The zero-order valence-electron chi connectivity index (χ0n) is 19.0. The van der Waals surface area contributed by atoms with Gasteiger partial charge in [0, 0.05) is 36.6 Å². The second kappa shape index (κ2) is 9.30. The van der Waals surface area contributed by atoms with Crippen molar-refractivity contribution in [2.24, 2.45) is 5.73 Å². The van der Waals surface area contributed by atoms with Crippen LogP contribution < -0.4 is 31.2 Å². The number of carbonyl (C=O) groups is 1. The minimum absolute atomic E-state index is 0.0242. The van der Waals surface area contributed by atoms with Gasteiger partial charge in [-0.15, -0.1) is 11.3 Å². The Labute approximate surface area is 207 Å². The van der Waals surface area contributed by atoms with Crippen LogP contribution in [0, 0.1) is 0 Å². The molecule has 5 rings (SSSR count). The SMILES string of the molecule is NC(=O)c1sc2nc(N3CCC(NCC(O)c4cccc5c4OCO5)CC3)cc(C(F)(F)F)c2c1N. The van der Waals surface area contributed by atoms with E-state index in [2.05, 4.69) is 10.3 Å². The van der Waals surface area contributed by atoms with Crippen molar-refractivity contribution in [1.29, 1.82) is 0 Å². The minimum atomic E-state index is -4.68. The minimum Gasteiger partial charge on any atom is -0.454 e. The Bertz CT molecular complexity index is 1310. The average Bonchev–Trinajstić information content (AvgIpc) is 3.46. The summed E-state index contributed by atoms with van der Waals surface area (Å²) < 4.78 is 52.4. The first-order chi connectivity index (χ1) is 17.1. The highest BCUT2D eigenvalue weighted by Gasteiger charge is 2.37. The highest BCUT2D eigenvalue weighted by Crippen LogP contribution is 2.43. The molecule has 2 aromatic heterocycles. The molecule has 1 amide bonds. The fourth-order valence-electron chi connectivity index (χ4n) is 4.59. The van der Waals surface area contributed by atoms with Crippen LogP contribution in [-0.4, -0.2) is 48.5 Å². The Kier molecular flexibility index (Phi) is 6.30. The molecule has 2 aliphatic rings. The summed E-state index contributed by atoms with van der Waals surface area (Å²) in [5, 5.41) is 13.7. The van der Waals surface area contributed by atoms with Crippen LogP contribution in [0.5, 0.6) is 11.5 Å². The number of carbonyl (C=O) groups excluding carboxylic acids is 1. The lowest BCUT2D eigenvalue weighted by Gasteiger charge is -2.34. The molecule has 1 saturated heterocycles. The monoisotopic (exact) mass is 523 g/mol. The number of benzene rings is 1. The molecule has 0 spiro atoms. The second-order valence-corrected chi connectivity index (χ2v) is 9.68. The van der Waals surface area contributed by atoms with E-state index in [1.165, 1.54) is 0 Å². The topological polar surface area (TPSA) is 136 Å². The number of nitrogen functional groups attached to an aromatic ring is 1. The van der Waals surface area contributed by atoms with Gasteiger partial charge < -0.3 is 36.3 Å². The van der Waals surface area contributed by atoms with Crippen LogP contribution in [0.3, 0.4) is 0 Å². The second-order valence-electron chi connectivity index (χ2n) is 8.68. The number of primary amides is 1. The Morgan fingerprint density at radius 2 is 2.06 bits per heavy atom. The third kappa shape index (κ3) is 4.49. The van der Waals surface area contributed by atoms with Crippen molar-refractivity contribution < 1.29 is 32.5 Å². The number of ether oxygens (including phenoxy) is 2. The molecule has 13 heteroatoms. The summed E-state index contributed by atoms with van der Waals surface area (Å²) in [6, 6.07) is 6.39. The standard InChI is InChI=1S/C23H24F3N5O4S/c24-23(25,26)13-8-16(30-22-17(13)18(27)20(36-22)21(28)33)31-6-4-11(5-7-31)29-9-14(32)12-2-1-3-15-19(12)35-10-34-15/h1-3,8,11,14,29,32H,4-7,9-10,27H2,(H2,28,33). The normalized spacial score (nSPS) is 17.1. The summed E-state index contributed by atoms with van der Waals surface area (Å²) >= 11 is 0.762. The number of para-hydroxylation sites is 1. The number of aliphatic hydroxyl groups excluding tert-OH is 1. The maximum Gasteiger partial charge on any atom is 0.417 e. The Morgan fingerprint density at radius 3 is 2.75 bits per heavy atom. The largest absolute Gasteiger partial charge is 0.454 e. The summed E-state index contributed by atoms with van der Waals surface area (Å²) in [6.45, 7) is 1.33. The summed E-state index contributed by atoms with van der Waals surface area (Å²) in [7, 11) is 0. The molecular formula is C23H24F3N5O4S. The van der Waals surface area contributed by atoms with Gasteiger partial charge in [0.25, 0.3) is 5.91 Å². The van der Waals surface area contributed by atoms with Gasteiger partial charge in [-0.25, -0.2) is 4.98 Å². The number of hydrogen-bond acceptors (Lipinski definition) is 9. The van der Waals surface area contributed by atoms with E-state index in [0.717, 1.165) is 17.4 Å². The highest BCUT2D eigenvalue weighted by molar-refractivity contribution is 7.21. The third-order valence-electron chi connectivity index (χ3n) is 6.42. The van der Waals surface area contributed by atoms with Gasteiger partial charge in [0.15, 0.2) is 11.5 Å². The van der Waals surface area contributed by atoms with Gasteiger partial charge >= 0.3 is 6.18 Å².